The molecule has 0 amide bonds. The summed E-state index contributed by atoms with van der Waals surface area (Å²) < 4.78 is 7.02. The minimum Gasteiger partial charge on any atom is -0.461 e. The monoisotopic (exact) mass is 296 g/mol. The molecule has 0 fully saturated rings. The molecule has 0 bridgehead atoms. The third kappa shape index (κ3) is 1.95. The van der Waals surface area contributed by atoms with Gasteiger partial charge in [0.1, 0.15) is 0 Å². The SMILES string of the molecule is CCOC(=O)c1nn2cccc(Br)c2c1C=O. The summed E-state index contributed by atoms with van der Waals surface area (Å²) in [6.07, 6.45) is 2.27. The third-order valence-corrected chi connectivity index (χ3v) is 2.87. The minimum absolute atomic E-state index is 0.0359. The second kappa shape index (κ2) is 4.67. The number of pyridine rings is 1. The number of fused-ring (bicyclic) bond motifs is 1. The normalized spacial score (nSPS) is 10.5. The van der Waals surface area contributed by atoms with E-state index in [-0.39, 0.29) is 17.9 Å². The summed E-state index contributed by atoms with van der Waals surface area (Å²) >= 11 is 3.32. The van der Waals surface area contributed by atoms with Gasteiger partial charge >= 0.3 is 5.97 Å². The zero-order chi connectivity index (χ0) is 12.4. The van der Waals surface area contributed by atoms with Gasteiger partial charge in [-0.1, -0.05) is 0 Å². The molecule has 0 saturated carbocycles. The first-order chi connectivity index (χ1) is 8.19. The fourth-order valence-corrected chi connectivity index (χ4v) is 2.09. The van der Waals surface area contributed by atoms with E-state index in [4.69, 9.17) is 4.74 Å². The van der Waals surface area contributed by atoms with E-state index in [1.165, 1.54) is 4.52 Å². The highest BCUT2D eigenvalue weighted by Gasteiger charge is 2.21. The number of aldehydes is 1. The second-order valence-corrected chi connectivity index (χ2v) is 4.10. The predicted molar refractivity (Wildman–Crippen MR) is 64.2 cm³/mol. The minimum atomic E-state index is -0.592. The van der Waals surface area contributed by atoms with E-state index >= 15 is 0 Å². The van der Waals surface area contributed by atoms with Crippen LogP contribution in [0.15, 0.2) is 22.8 Å². The number of esters is 1. The largest absolute Gasteiger partial charge is 0.461 e. The predicted octanol–water partition coefficient (Wildman–Crippen LogP) is 2.09. The highest BCUT2D eigenvalue weighted by atomic mass is 79.9. The molecule has 5 nitrogen and oxygen atoms in total. The van der Waals surface area contributed by atoms with E-state index in [0.29, 0.717) is 16.3 Å². The van der Waals surface area contributed by atoms with Gasteiger partial charge in [-0.25, -0.2) is 9.31 Å². The number of ether oxygens (including phenoxy) is 1. The van der Waals surface area contributed by atoms with Gasteiger partial charge in [-0.15, -0.1) is 0 Å². The summed E-state index contributed by atoms with van der Waals surface area (Å²) in [6.45, 7) is 1.94. The zero-order valence-corrected chi connectivity index (χ0v) is 10.6. The molecule has 0 aliphatic carbocycles. The number of halogens is 1. The Hall–Kier alpha value is -1.69. The van der Waals surface area contributed by atoms with Gasteiger partial charge in [0.25, 0.3) is 0 Å². The van der Waals surface area contributed by atoms with Crippen molar-refractivity contribution in [2.24, 2.45) is 0 Å². The van der Waals surface area contributed by atoms with Crippen molar-refractivity contribution in [2.45, 2.75) is 6.92 Å². The van der Waals surface area contributed by atoms with Crippen LogP contribution in [0.1, 0.15) is 27.8 Å². The summed E-state index contributed by atoms with van der Waals surface area (Å²) in [5, 5.41) is 4.04. The summed E-state index contributed by atoms with van der Waals surface area (Å²) in [6, 6.07) is 3.53. The van der Waals surface area contributed by atoms with E-state index in [0.717, 1.165) is 0 Å². The van der Waals surface area contributed by atoms with Crippen LogP contribution in [-0.4, -0.2) is 28.5 Å². The Morgan fingerprint density at radius 3 is 3.06 bits per heavy atom. The molecule has 0 atom stereocenters. The lowest BCUT2D eigenvalue weighted by Crippen LogP contribution is -2.07. The molecular formula is C11H9BrN2O3. The molecule has 0 saturated heterocycles. The van der Waals surface area contributed by atoms with Gasteiger partial charge in [-0.2, -0.15) is 5.10 Å². The standard InChI is InChI=1S/C11H9BrN2O3/c1-2-17-11(16)9-7(6-15)10-8(12)4-3-5-14(10)13-9/h3-6H,2H2,1H3. The average Bonchev–Trinajstić information content (AvgIpc) is 2.69. The Labute approximate surface area is 106 Å². The van der Waals surface area contributed by atoms with E-state index in [2.05, 4.69) is 21.0 Å². The van der Waals surface area contributed by atoms with E-state index < -0.39 is 5.97 Å². The Morgan fingerprint density at radius 2 is 2.41 bits per heavy atom. The molecule has 0 spiro atoms. The van der Waals surface area contributed by atoms with Crippen LogP contribution in [0, 0.1) is 0 Å². The van der Waals surface area contributed by atoms with Crippen LogP contribution in [0.3, 0.4) is 0 Å². The van der Waals surface area contributed by atoms with Crippen LogP contribution in [0.4, 0.5) is 0 Å². The molecule has 2 rings (SSSR count). The highest BCUT2D eigenvalue weighted by Crippen LogP contribution is 2.23. The van der Waals surface area contributed by atoms with Gasteiger partial charge in [0, 0.05) is 10.7 Å². The van der Waals surface area contributed by atoms with Crippen molar-refractivity contribution in [3.05, 3.63) is 34.1 Å². The number of hydrogen-bond acceptors (Lipinski definition) is 4. The van der Waals surface area contributed by atoms with Crippen molar-refractivity contribution in [1.82, 2.24) is 9.61 Å². The van der Waals surface area contributed by atoms with E-state index in [9.17, 15) is 9.59 Å². The van der Waals surface area contributed by atoms with Crippen LogP contribution >= 0.6 is 15.9 Å². The van der Waals surface area contributed by atoms with Crippen molar-refractivity contribution in [3.63, 3.8) is 0 Å². The first kappa shape index (κ1) is 11.8. The van der Waals surface area contributed by atoms with Crippen LogP contribution in [-0.2, 0) is 4.74 Å². The smallest absolute Gasteiger partial charge is 0.359 e. The van der Waals surface area contributed by atoms with Gasteiger partial charge < -0.3 is 4.74 Å². The molecule has 0 aromatic carbocycles. The Kier molecular flexibility index (Phi) is 3.23. The van der Waals surface area contributed by atoms with Crippen molar-refractivity contribution in [1.29, 1.82) is 0 Å². The van der Waals surface area contributed by atoms with E-state index in [1.807, 2.05) is 0 Å². The van der Waals surface area contributed by atoms with Gasteiger partial charge in [0.05, 0.1) is 17.7 Å². The number of nitrogens with zero attached hydrogens (tertiary/aromatic N) is 2. The van der Waals surface area contributed by atoms with Crippen LogP contribution in [0.25, 0.3) is 5.52 Å². The lowest BCUT2D eigenvalue weighted by Gasteiger charge is -1.97. The fourth-order valence-electron chi connectivity index (χ4n) is 1.54. The lowest BCUT2D eigenvalue weighted by molar-refractivity contribution is 0.0517. The van der Waals surface area contributed by atoms with Gasteiger partial charge in [0.2, 0.25) is 0 Å². The summed E-state index contributed by atoms with van der Waals surface area (Å²) in [4.78, 5) is 22.7. The van der Waals surface area contributed by atoms with Crippen molar-refractivity contribution in [3.8, 4) is 0 Å². The van der Waals surface area contributed by atoms with Gasteiger partial charge in [-0.3, -0.25) is 4.79 Å². The Morgan fingerprint density at radius 1 is 1.65 bits per heavy atom. The number of carbonyl (C=O) groups is 2. The average molecular weight is 297 g/mol. The van der Waals surface area contributed by atoms with Crippen LogP contribution < -0.4 is 0 Å². The molecule has 0 radical (unpaired) electrons. The molecule has 88 valence electrons. The topological polar surface area (TPSA) is 60.7 Å². The van der Waals surface area contributed by atoms with Crippen molar-refractivity contribution >= 4 is 33.7 Å². The maximum Gasteiger partial charge on any atom is 0.359 e. The molecule has 0 aliphatic heterocycles. The Balaban J connectivity index is 2.69. The first-order valence-electron chi connectivity index (χ1n) is 4.98. The molecule has 2 heterocycles. The molecular weight excluding hydrogens is 288 g/mol. The maximum absolute atomic E-state index is 11.6. The van der Waals surface area contributed by atoms with Gasteiger partial charge in [-0.05, 0) is 35.0 Å². The molecule has 0 aliphatic rings. The molecule has 2 aromatic rings. The molecule has 2 aromatic heterocycles. The second-order valence-electron chi connectivity index (χ2n) is 3.25. The molecule has 0 N–H and O–H groups in total. The van der Waals surface area contributed by atoms with Crippen LogP contribution in [0.5, 0.6) is 0 Å². The van der Waals surface area contributed by atoms with Crippen molar-refractivity contribution < 1.29 is 14.3 Å². The fraction of sp³-hybridized carbons (Fsp3) is 0.182. The van der Waals surface area contributed by atoms with E-state index in [1.54, 1.807) is 25.3 Å². The maximum atomic E-state index is 11.6. The molecule has 0 unspecified atom stereocenters. The molecule has 6 heteroatoms. The third-order valence-electron chi connectivity index (χ3n) is 2.23. The summed E-state index contributed by atoms with van der Waals surface area (Å²) in [5.41, 5.74) is 0.829. The zero-order valence-electron chi connectivity index (χ0n) is 9.01. The highest BCUT2D eigenvalue weighted by molar-refractivity contribution is 9.10. The van der Waals surface area contributed by atoms with Crippen molar-refractivity contribution in [2.75, 3.05) is 6.61 Å². The first-order valence-corrected chi connectivity index (χ1v) is 5.77. The lowest BCUT2D eigenvalue weighted by atomic mass is 10.2. The summed E-state index contributed by atoms with van der Waals surface area (Å²) in [7, 11) is 0. The Bertz CT molecular complexity index is 592. The number of hydrogen-bond donors (Lipinski definition) is 0. The van der Waals surface area contributed by atoms with Gasteiger partial charge in [0.15, 0.2) is 12.0 Å². The molecule has 17 heavy (non-hydrogen) atoms. The summed E-state index contributed by atoms with van der Waals surface area (Å²) in [5.74, 6) is -0.592. The number of aromatic nitrogens is 2. The number of carbonyl (C=O) groups excluding carboxylic acids is 2. The number of rotatable bonds is 3. The quantitative estimate of drug-likeness (QED) is 0.643. The van der Waals surface area contributed by atoms with Crippen LogP contribution in [0.2, 0.25) is 0 Å².